The molecule has 1 amide bonds. The highest BCUT2D eigenvalue weighted by molar-refractivity contribution is 5.93. The highest BCUT2D eigenvalue weighted by atomic mass is 19.1. The zero-order valence-electron chi connectivity index (χ0n) is 11.0. The Morgan fingerprint density at radius 1 is 1.33 bits per heavy atom. The van der Waals surface area contributed by atoms with E-state index in [1.165, 1.54) is 24.3 Å². The highest BCUT2D eigenvalue weighted by Crippen LogP contribution is 2.25. The maximum atomic E-state index is 13.6. The molecule has 0 aliphatic carbocycles. The quantitative estimate of drug-likeness (QED) is 0.880. The van der Waals surface area contributed by atoms with Crippen LogP contribution in [0, 0.1) is 5.82 Å². The molecule has 21 heavy (non-hydrogen) atoms. The van der Waals surface area contributed by atoms with Crippen LogP contribution >= 0.6 is 0 Å². The zero-order valence-corrected chi connectivity index (χ0v) is 11.0. The summed E-state index contributed by atoms with van der Waals surface area (Å²) in [6.07, 6.45) is -0.628. The van der Waals surface area contributed by atoms with Crippen LogP contribution in [0.25, 0.3) is 0 Å². The summed E-state index contributed by atoms with van der Waals surface area (Å²) in [5, 5.41) is 8.76. The normalized spacial score (nSPS) is 11.9. The van der Waals surface area contributed by atoms with Gasteiger partial charge in [0, 0.05) is 6.07 Å². The number of halogens is 1. The van der Waals surface area contributed by atoms with E-state index in [2.05, 4.69) is 0 Å². The third-order valence-corrected chi connectivity index (χ3v) is 2.76. The van der Waals surface area contributed by atoms with E-state index in [0.717, 1.165) is 6.07 Å². The Morgan fingerprint density at radius 2 is 2.05 bits per heavy atom. The second-order valence-corrected chi connectivity index (χ2v) is 4.27. The first-order valence-electron chi connectivity index (χ1n) is 5.97. The number of carbonyl (C=O) groups is 2. The number of rotatable bonds is 5. The van der Waals surface area contributed by atoms with Crippen LogP contribution in [0.1, 0.15) is 39.7 Å². The number of amides is 1. The van der Waals surface area contributed by atoms with Crippen LogP contribution < -0.4 is 10.5 Å². The first-order valence-corrected chi connectivity index (χ1v) is 5.97. The number of ether oxygens (including phenoxy) is 1. The summed E-state index contributed by atoms with van der Waals surface area (Å²) in [7, 11) is 0. The van der Waals surface area contributed by atoms with Crippen molar-refractivity contribution in [3.63, 3.8) is 0 Å². The van der Waals surface area contributed by atoms with Gasteiger partial charge in [0.1, 0.15) is 17.3 Å². The van der Waals surface area contributed by atoms with Crippen LogP contribution in [0.2, 0.25) is 0 Å². The largest absolute Gasteiger partial charge is 0.483 e. The number of carboxylic acid groups (broad SMARTS) is 1. The van der Waals surface area contributed by atoms with E-state index in [4.69, 9.17) is 20.0 Å². The molecule has 0 bridgehead atoms. The molecule has 0 saturated heterocycles. The monoisotopic (exact) mass is 293 g/mol. The van der Waals surface area contributed by atoms with Crippen LogP contribution in [0.3, 0.4) is 0 Å². The number of nitrogens with two attached hydrogens (primary N) is 1. The number of benzene rings is 1. The van der Waals surface area contributed by atoms with Gasteiger partial charge in [-0.05, 0) is 31.2 Å². The van der Waals surface area contributed by atoms with Crippen LogP contribution in [0.5, 0.6) is 5.75 Å². The number of carbonyl (C=O) groups excluding carboxylic acids is 1. The molecule has 0 aliphatic heterocycles. The Hall–Kier alpha value is -2.83. The van der Waals surface area contributed by atoms with Crippen LogP contribution in [0.15, 0.2) is 34.7 Å². The van der Waals surface area contributed by atoms with E-state index in [9.17, 15) is 14.0 Å². The van der Waals surface area contributed by atoms with E-state index in [0.29, 0.717) is 0 Å². The first kappa shape index (κ1) is 14.6. The van der Waals surface area contributed by atoms with Crippen LogP contribution in [-0.4, -0.2) is 17.0 Å². The summed E-state index contributed by atoms with van der Waals surface area (Å²) in [6.45, 7) is 1.62. The van der Waals surface area contributed by atoms with Gasteiger partial charge in [-0.1, -0.05) is 0 Å². The third-order valence-electron chi connectivity index (χ3n) is 2.76. The number of aromatic carboxylic acids is 1. The fourth-order valence-corrected chi connectivity index (χ4v) is 1.72. The summed E-state index contributed by atoms with van der Waals surface area (Å²) < 4.78 is 24.1. The lowest BCUT2D eigenvalue weighted by atomic mass is 10.2. The maximum absolute atomic E-state index is 13.6. The molecule has 0 saturated carbocycles. The lowest BCUT2D eigenvalue weighted by molar-refractivity contribution is 0.0655. The highest BCUT2D eigenvalue weighted by Gasteiger charge is 2.16. The maximum Gasteiger partial charge on any atom is 0.371 e. The number of hydrogen-bond donors (Lipinski definition) is 2. The van der Waals surface area contributed by atoms with Crippen LogP contribution in [0.4, 0.5) is 4.39 Å². The first-order chi connectivity index (χ1) is 9.88. The van der Waals surface area contributed by atoms with Crippen molar-refractivity contribution in [1.82, 2.24) is 0 Å². The SMILES string of the molecule is CC(Oc1ccc(C(N)=O)c(F)c1)c1ccc(C(=O)O)o1. The van der Waals surface area contributed by atoms with E-state index in [1.807, 2.05) is 0 Å². The second kappa shape index (κ2) is 5.66. The van der Waals surface area contributed by atoms with E-state index in [-0.39, 0.29) is 22.8 Å². The van der Waals surface area contributed by atoms with Crippen molar-refractivity contribution in [1.29, 1.82) is 0 Å². The van der Waals surface area contributed by atoms with Crippen LogP contribution in [-0.2, 0) is 0 Å². The van der Waals surface area contributed by atoms with Gasteiger partial charge in [0.15, 0.2) is 6.10 Å². The summed E-state index contributed by atoms with van der Waals surface area (Å²) >= 11 is 0. The van der Waals surface area contributed by atoms with Crippen molar-refractivity contribution < 1.29 is 28.2 Å². The van der Waals surface area contributed by atoms with Gasteiger partial charge in [-0.25, -0.2) is 9.18 Å². The number of furan rings is 1. The molecule has 0 fully saturated rings. The molecule has 1 unspecified atom stereocenters. The summed E-state index contributed by atoms with van der Waals surface area (Å²) in [6, 6.07) is 6.39. The molecule has 1 aromatic carbocycles. The summed E-state index contributed by atoms with van der Waals surface area (Å²) in [4.78, 5) is 21.6. The molecule has 1 atom stereocenters. The summed E-state index contributed by atoms with van der Waals surface area (Å²) in [5.41, 5.74) is 4.76. The number of primary amides is 1. The minimum atomic E-state index is -1.19. The Morgan fingerprint density at radius 3 is 2.57 bits per heavy atom. The predicted octanol–water partition coefficient (Wildman–Crippen LogP) is 2.36. The minimum absolute atomic E-state index is 0.165. The fraction of sp³-hybridized carbons (Fsp3) is 0.143. The predicted molar refractivity (Wildman–Crippen MR) is 69.6 cm³/mol. The van der Waals surface area contributed by atoms with E-state index < -0.39 is 23.8 Å². The van der Waals surface area contributed by atoms with Gasteiger partial charge in [-0.2, -0.15) is 0 Å². The molecule has 0 aliphatic rings. The lowest BCUT2D eigenvalue weighted by Gasteiger charge is -2.12. The van der Waals surface area contributed by atoms with Crippen molar-refractivity contribution >= 4 is 11.9 Å². The van der Waals surface area contributed by atoms with E-state index in [1.54, 1.807) is 6.92 Å². The van der Waals surface area contributed by atoms with Crippen molar-refractivity contribution in [3.05, 3.63) is 53.2 Å². The van der Waals surface area contributed by atoms with Gasteiger partial charge >= 0.3 is 5.97 Å². The van der Waals surface area contributed by atoms with Gasteiger partial charge in [0.25, 0.3) is 5.91 Å². The average molecular weight is 293 g/mol. The molecule has 0 spiro atoms. The molecule has 1 heterocycles. The third kappa shape index (κ3) is 3.19. The average Bonchev–Trinajstić information content (AvgIpc) is 2.88. The van der Waals surface area contributed by atoms with Gasteiger partial charge in [-0.15, -0.1) is 0 Å². The Bertz CT molecular complexity index is 694. The topological polar surface area (TPSA) is 103 Å². The Labute approximate surface area is 118 Å². The molecule has 1 aromatic heterocycles. The summed E-state index contributed by atoms with van der Waals surface area (Å²) in [5.74, 6) is -2.62. The van der Waals surface area contributed by atoms with Crippen molar-refractivity contribution in [2.24, 2.45) is 5.73 Å². The molecule has 7 heteroatoms. The second-order valence-electron chi connectivity index (χ2n) is 4.27. The molecule has 2 aromatic rings. The molecule has 110 valence electrons. The molecule has 0 radical (unpaired) electrons. The van der Waals surface area contributed by atoms with Gasteiger partial charge < -0.3 is 20.0 Å². The zero-order chi connectivity index (χ0) is 15.6. The van der Waals surface area contributed by atoms with E-state index >= 15 is 0 Å². The van der Waals surface area contributed by atoms with Crippen molar-refractivity contribution in [3.8, 4) is 5.75 Å². The Balaban J connectivity index is 2.15. The number of hydrogen-bond acceptors (Lipinski definition) is 4. The molecule has 2 rings (SSSR count). The van der Waals surface area contributed by atoms with Gasteiger partial charge in [-0.3, -0.25) is 4.79 Å². The smallest absolute Gasteiger partial charge is 0.371 e. The molecule has 3 N–H and O–H groups in total. The lowest BCUT2D eigenvalue weighted by Crippen LogP contribution is -2.13. The van der Waals surface area contributed by atoms with Crippen molar-refractivity contribution in [2.75, 3.05) is 0 Å². The standard InChI is InChI=1S/C14H12FNO5/c1-7(11-4-5-12(21-11)14(18)19)20-8-2-3-9(13(16)17)10(15)6-8/h2-7H,1H3,(H2,16,17)(H,18,19). The number of carboxylic acids is 1. The minimum Gasteiger partial charge on any atom is -0.483 e. The fourth-order valence-electron chi connectivity index (χ4n) is 1.72. The Kier molecular flexibility index (Phi) is 3.93. The molecular weight excluding hydrogens is 281 g/mol. The molecule has 6 nitrogen and oxygen atoms in total. The van der Waals surface area contributed by atoms with Gasteiger partial charge in [0.2, 0.25) is 5.76 Å². The van der Waals surface area contributed by atoms with Gasteiger partial charge in [0.05, 0.1) is 5.56 Å². The van der Waals surface area contributed by atoms with Crippen molar-refractivity contribution in [2.45, 2.75) is 13.0 Å². The molecular formula is C14H12FNO5.